The van der Waals surface area contributed by atoms with E-state index in [1.165, 1.54) is 6.92 Å². The minimum absolute atomic E-state index is 0. The summed E-state index contributed by atoms with van der Waals surface area (Å²) in [5, 5.41) is 7.72. The van der Waals surface area contributed by atoms with Crippen LogP contribution in [-0.2, 0) is 14.3 Å². The molecule has 0 rings (SSSR count). The first kappa shape index (κ1) is 22.8. The molecule has 13 heavy (non-hydrogen) atoms. The molecule has 0 unspecified atom stereocenters. The number of rotatable bonds is 2. The van der Waals surface area contributed by atoms with Crippen LogP contribution in [0.1, 0.15) is 34.6 Å². The summed E-state index contributed by atoms with van der Waals surface area (Å²) in [7, 11) is 0. The van der Waals surface area contributed by atoms with Gasteiger partial charge in [-0.25, -0.2) is 0 Å². The second-order valence-electron chi connectivity index (χ2n) is 1.67. The highest BCUT2D eigenvalue weighted by atomic mass is 32.1. The average molecular weight is 212 g/mol. The molecule has 82 valence electrons. The van der Waals surface area contributed by atoms with Crippen LogP contribution in [-0.4, -0.2) is 23.7 Å². The summed E-state index contributed by atoms with van der Waals surface area (Å²) < 4.78 is 4.40. The van der Waals surface area contributed by atoms with Crippen molar-refractivity contribution in [2.45, 2.75) is 34.6 Å². The highest BCUT2D eigenvalue weighted by Crippen LogP contribution is 1.69. The fourth-order valence-electron chi connectivity index (χ4n) is 0.203. The summed E-state index contributed by atoms with van der Waals surface area (Å²) in [6.07, 6.45) is 0.222. The molecule has 0 aromatic rings. The number of hydrogen-bond acceptors (Lipinski definition) is 3. The first-order valence-electron chi connectivity index (χ1n) is 3.39. The third-order valence-corrected chi connectivity index (χ3v) is 0.650. The fraction of sp³-hybridized carbons (Fsp3) is 0.750. The van der Waals surface area contributed by atoms with Crippen LogP contribution >= 0.6 is 13.5 Å². The lowest BCUT2D eigenvalue weighted by Crippen LogP contribution is -1.95. The molecule has 4 nitrogen and oxygen atoms in total. The van der Waals surface area contributed by atoms with Gasteiger partial charge in [-0.15, -0.1) is 0 Å². The summed E-state index contributed by atoms with van der Waals surface area (Å²) in [4.78, 5) is 19.2. The van der Waals surface area contributed by atoms with E-state index in [2.05, 4.69) is 4.74 Å². The van der Waals surface area contributed by atoms with E-state index in [4.69, 9.17) is 5.11 Å². The Bertz CT molecular complexity index is 125. The van der Waals surface area contributed by atoms with E-state index in [9.17, 15) is 9.59 Å². The van der Waals surface area contributed by atoms with Crippen LogP contribution in [0, 0.1) is 0 Å². The maximum Gasteiger partial charge on any atom is 0.303 e. The molecule has 0 spiro atoms. The van der Waals surface area contributed by atoms with E-state index in [0.29, 0.717) is 6.61 Å². The lowest BCUT2D eigenvalue weighted by molar-refractivity contribution is -0.140. The molecular formula is C8H20O4S. The Kier molecular flexibility index (Phi) is 30.5. The van der Waals surface area contributed by atoms with Crippen LogP contribution in [0.2, 0.25) is 0 Å². The molecule has 1 N–H and O–H groups in total. The van der Waals surface area contributed by atoms with Gasteiger partial charge >= 0.3 is 11.9 Å². The van der Waals surface area contributed by atoms with E-state index in [0.717, 1.165) is 0 Å². The number of ether oxygens (including phenoxy) is 1. The zero-order valence-electron chi connectivity index (χ0n) is 7.59. The topological polar surface area (TPSA) is 63.6 Å². The van der Waals surface area contributed by atoms with Crippen molar-refractivity contribution < 1.29 is 19.4 Å². The maximum absolute atomic E-state index is 9.82. The first-order valence-corrected chi connectivity index (χ1v) is 3.39. The molecule has 0 atom stereocenters. The van der Waals surface area contributed by atoms with Gasteiger partial charge in [0.15, 0.2) is 0 Å². The largest absolute Gasteiger partial charge is 0.481 e. The molecule has 0 aliphatic rings. The number of hydrogen-bond donors (Lipinski definition) is 1. The Labute approximate surface area is 86.7 Å². The van der Waals surface area contributed by atoms with Gasteiger partial charge in [0.1, 0.15) is 0 Å². The van der Waals surface area contributed by atoms with Crippen LogP contribution in [0.5, 0.6) is 0 Å². The van der Waals surface area contributed by atoms with Crippen molar-refractivity contribution in [2.24, 2.45) is 0 Å². The summed E-state index contributed by atoms with van der Waals surface area (Å²) in [6, 6.07) is 0. The van der Waals surface area contributed by atoms with Gasteiger partial charge < -0.3 is 9.84 Å². The molecule has 0 saturated carbocycles. The van der Waals surface area contributed by atoms with Gasteiger partial charge in [-0.2, -0.15) is 13.5 Å². The fourth-order valence-corrected chi connectivity index (χ4v) is 0.203. The lowest BCUT2D eigenvalue weighted by atomic mass is 10.5. The third-order valence-electron chi connectivity index (χ3n) is 0.650. The third kappa shape index (κ3) is 52.9. The van der Waals surface area contributed by atoms with Crippen LogP contribution in [0.4, 0.5) is 0 Å². The molecule has 0 bridgehead atoms. The van der Waals surface area contributed by atoms with Gasteiger partial charge in [0.2, 0.25) is 0 Å². The molecule has 0 aromatic carbocycles. The van der Waals surface area contributed by atoms with Crippen molar-refractivity contribution in [3.63, 3.8) is 0 Å². The van der Waals surface area contributed by atoms with Gasteiger partial charge in [-0.3, -0.25) is 9.59 Å². The Morgan fingerprint density at radius 3 is 1.62 bits per heavy atom. The number of carboxylic acid groups (broad SMARTS) is 1. The quantitative estimate of drug-likeness (QED) is 0.709. The van der Waals surface area contributed by atoms with Gasteiger partial charge in [-0.1, -0.05) is 14.4 Å². The summed E-state index contributed by atoms with van der Waals surface area (Å²) in [5.41, 5.74) is 0. The predicted octanol–water partition coefficient (Wildman–Crippen LogP) is 1.80. The number of carboxylic acids is 1. The zero-order chi connectivity index (χ0) is 9.28. The van der Waals surface area contributed by atoms with E-state index in [1.807, 2.05) is 0 Å². The second-order valence-corrected chi connectivity index (χ2v) is 1.67. The number of esters is 1. The van der Waals surface area contributed by atoms with Gasteiger partial charge in [0.05, 0.1) is 6.61 Å². The number of carbonyl (C=O) groups excluding carboxylic acids is 1. The van der Waals surface area contributed by atoms with Crippen LogP contribution in [0.25, 0.3) is 0 Å². The van der Waals surface area contributed by atoms with Crippen molar-refractivity contribution in [1.29, 1.82) is 0 Å². The van der Waals surface area contributed by atoms with E-state index >= 15 is 0 Å². The van der Waals surface area contributed by atoms with Crippen molar-refractivity contribution in [3.8, 4) is 0 Å². The number of aliphatic carboxylic acids is 1. The molecule has 5 heteroatoms. The van der Waals surface area contributed by atoms with Crippen molar-refractivity contribution in [3.05, 3.63) is 0 Å². The van der Waals surface area contributed by atoms with Gasteiger partial charge in [0.25, 0.3) is 0 Å². The molecule has 0 fully saturated rings. The molecule has 0 aliphatic heterocycles. The zero-order valence-corrected chi connectivity index (χ0v) is 8.59. The van der Waals surface area contributed by atoms with Gasteiger partial charge in [0, 0.05) is 13.3 Å². The smallest absolute Gasteiger partial charge is 0.303 e. The molecule has 0 amide bonds. The van der Waals surface area contributed by atoms with Crippen molar-refractivity contribution in [2.75, 3.05) is 6.61 Å². The molecular weight excluding hydrogens is 192 g/mol. The van der Waals surface area contributed by atoms with Gasteiger partial charge in [-0.05, 0) is 6.92 Å². The van der Waals surface area contributed by atoms with Crippen molar-refractivity contribution in [1.82, 2.24) is 0 Å². The van der Waals surface area contributed by atoms with Crippen LogP contribution in [0.15, 0.2) is 0 Å². The van der Waals surface area contributed by atoms with Crippen LogP contribution in [0.3, 0.4) is 0 Å². The van der Waals surface area contributed by atoms with Crippen LogP contribution < -0.4 is 0 Å². The minimum Gasteiger partial charge on any atom is -0.481 e. The average Bonchev–Trinajstić information content (AvgIpc) is 1.89. The SMILES string of the molecule is C.CCC(=O)O.CCOC(C)=O.S. The minimum atomic E-state index is -0.745. The molecule has 0 aliphatic carbocycles. The molecule has 0 heterocycles. The summed E-state index contributed by atoms with van der Waals surface area (Å²) in [5.74, 6) is -0.956. The Balaban J connectivity index is -0.0000000546. The Morgan fingerprint density at radius 1 is 1.31 bits per heavy atom. The molecule has 0 saturated heterocycles. The normalized spacial score (nSPS) is 6.38. The monoisotopic (exact) mass is 212 g/mol. The highest BCUT2D eigenvalue weighted by molar-refractivity contribution is 7.59. The van der Waals surface area contributed by atoms with E-state index < -0.39 is 5.97 Å². The Morgan fingerprint density at radius 2 is 1.62 bits per heavy atom. The Hall–Kier alpha value is -0.710. The van der Waals surface area contributed by atoms with E-state index in [1.54, 1.807) is 13.8 Å². The van der Waals surface area contributed by atoms with Crippen molar-refractivity contribution >= 4 is 25.4 Å². The highest BCUT2D eigenvalue weighted by Gasteiger charge is 1.81. The lowest BCUT2D eigenvalue weighted by Gasteiger charge is -1.89. The molecule has 0 radical (unpaired) electrons. The maximum atomic E-state index is 9.82. The summed E-state index contributed by atoms with van der Waals surface area (Å²) >= 11 is 0. The van der Waals surface area contributed by atoms with E-state index in [-0.39, 0.29) is 33.3 Å². The number of carbonyl (C=O) groups is 2. The summed E-state index contributed by atoms with van der Waals surface area (Å²) in [6.45, 7) is 5.25. The standard InChI is InChI=1S/C4H8O2.C3H6O2.CH4.H2S/c1-3-6-4(2)5;1-2-3(4)5;;/h3H2,1-2H3;2H2,1H3,(H,4,5);1H4;1H2. The molecule has 0 aromatic heterocycles. The second kappa shape index (κ2) is 17.4. The first-order chi connectivity index (χ1) is 5.04. The predicted molar refractivity (Wildman–Crippen MR) is 57.3 cm³/mol.